The molecule has 1 rings (SSSR count). The zero-order valence-electron chi connectivity index (χ0n) is 8.96. The Hall–Kier alpha value is -1.96. The van der Waals surface area contributed by atoms with Gasteiger partial charge in [-0.3, -0.25) is 0 Å². The van der Waals surface area contributed by atoms with Crippen LogP contribution < -0.4 is 5.73 Å². The molecule has 2 N–H and O–H groups in total. The predicted octanol–water partition coefficient (Wildman–Crippen LogP) is 3.00. The van der Waals surface area contributed by atoms with Crippen molar-refractivity contribution in [1.29, 1.82) is 5.26 Å². The second-order valence-electron chi connectivity index (χ2n) is 3.54. The van der Waals surface area contributed by atoms with E-state index in [0.717, 1.165) is 17.7 Å². The minimum atomic E-state index is -4.31. The average molecular weight is 240 g/mol. The highest BCUT2D eigenvalue weighted by atomic mass is 19.4. The van der Waals surface area contributed by atoms with Gasteiger partial charge in [0.1, 0.15) is 0 Å². The van der Waals surface area contributed by atoms with Gasteiger partial charge in [0.2, 0.25) is 0 Å². The van der Waals surface area contributed by atoms with Crippen LogP contribution in [0.25, 0.3) is 0 Å². The molecule has 0 aromatic heterocycles. The van der Waals surface area contributed by atoms with E-state index in [4.69, 9.17) is 11.0 Å². The predicted molar refractivity (Wildman–Crippen MR) is 57.6 cm³/mol. The first-order valence-electron chi connectivity index (χ1n) is 4.94. The monoisotopic (exact) mass is 240 g/mol. The van der Waals surface area contributed by atoms with Gasteiger partial charge in [-0.2, -0.15) is 18.4 Å². The van der Waals surface area contributed by atoms with Gasteiger partial charge in [0.25, 0.3) is 0 Å². The molecular weight excluding hydrogens is 229 g/mol. The molecule has 2 nitrogen and oxygen atoms in total. The molecule has 0 unspecified atom stereocenters. The average Bonchev–Trinajstić information content (AvgIpc) is 2.26. The molecule has 0 aliphatic rings. The molecule has 0 spiro atoms. The lowest BCUT2D eigenvalue weighted by molar-refractivity contribution is -0.137. The summed E-state index contributed by atoms with van der Waals surface area (Å²) in [7, 11) is 0. The second kappa shape index (κ2) is 5.39. The summed E-state index contributed by atoms with van der Waals surface area (Å²) in [6.45, 7) is 0. The maximum atomic E-state index is 12.3. The van der Waals surface area contributed by atoms with Gasteiger partial charge in [-0.05, 0) is 30.5 Å². The number of halogens is 3. The third kappa shape index (κ3) is 4.19. The summed E-state index contributed by atoms with van der Waals surface area (Å²) < 4.78 is 36.8. The van der Waals surface area contributed by atoms with Crippen LogP contribution in [0.5, 0.6) is 0 Å². The maximum absolute atomic E-state index is 12.3. The standard InChI is InChI=1S/C12H11F3N2/c13-12(14,15)10-4-1-9(2-5-10)3-6-11(17)7-8-16/h1-2,4-5,7H,3,6,17H2/b11-7+. The van der Waals surface area contributed by atoms with E-state index in [1.807, 2.05) is 0 Å². The summed E-state index contributed by atoms with van der Waals surface area (Å²) in [5.74, 6) is 0. The van der Waals surface area contributed by atoms with Crippen LogP contribution in [-0.4, -0.2) is 0 Å². The third-order valence-corrected chi connectivity index (χ3v) is 2.23. The fourth-order valence-corrected chi connectivity index (χ4v) is 1.30. The van der Waals surface area contributed by atoms with Crippen LogP contribution in [0.2, 0.25) is 0 Å². The molecule has 5 heteroatoms. The van der Waals surface area contributed by atoms with Gasteiger partial charge in [-0.1, -0.05) is 12.1 Å². The van der Waals surface area contributed by atoms with E-state index in [2.05, 4.69) is 0 Å². The van der Waals surface area contributed by atoms with Crippen LogP contribution >= 0.6 is 0 Å². The molecule has 0 fully saturated rings. The lowest BCUT2D eigenvalue weighted by atomic mass is 10.1. The molecule has 17 heavy (non-hydrogen) atoms. The largest absolute Gasteiger partial charge is 0.416 e. The normalized spacial score (nSPS) is 12.2. The molecule has 0 radical (unpaired) electrons. The molecule has 0 heterocycles. The number of hydrogen-bond acceptors (Lipinski definition) is 2. The second-order valence-corrected chi connectivity index (χ2v) is 3.54. The molecule has 0 atom stereocenters. The van der Waals surface area contributed by atoms with Crippen LogP contribution in [0.15, 0.2) is 36.0 Å². The van der Waals surface area contributed by atoms with Gasteiger partial charge < -0.3 is 5.73 Å². The molecule has 0 aliphatic heterocycles. The van der Waals surface area contributed by atoms with Crippen molar-refractivity contribution in [3.05, 3.63) is 47.2 Å². The van der Waals surface area contributed by atoms with E-state index in [1.54, 1.807) is 6.07 Å². The topological polar surface area (TPSA) is 49.8 Å². The van der Waals surface area contributed by atoms with Crippen molar-refractivity contribution in [3.63, 3.8) is 0 Å². The Morgan fingerprint density at radius 3 is 2.35 bits per heavy atom. The molecule has 0 amide bonds. The van der Waals surface area contributed by atoms with E-state index in [0.29, 0.717) is 18.5 Å². The van der Waals surface area contributed by atoms with Crippen LogP contribution in [0, 0.1) is 11.3 Å². The van der Waals surface area contributed by atoms with Crippen molar-refractivity contribution in [1.82, 2.24) is 0 Å². The van der Waals surface area contributed by atoms with Crippen molar-refractivity contribution in [2.45, 2.75) is 19.0 Å². The number of aryl methyl sites for hydroxylation is 1. The van der Waals surface area contributed by atoms with Crippen LogP contribution in [-0.2, 0) is 12.6 Å². The Labute approximate surface area is 97.2 Å². The van der Waals surface area contributed by atoms with Gasteiger partial charge in [0, 0.05) is 11.8 Å². The number of nitriles is 1. The molecule has 1 aromatic carbocycles. The van der Waals surface area contributed by atoms with E-state index in [-0.39, 0.29) is 0 Å². The fourth-order valence-electron chi connectivity index (χ4n) is 1.30. The Morgan fingerprint density at radius 2 is 1.88 bits per heavy atom. The van der Waals surface area contributed by atoms with Crippen molar-refractivity contribution >= 4 is 0 Å². The number of nitrogens with zero attached hydrogens (tertiary/aromatic N) is 1. The summed E-state index contributed by atoms with van der Waals surface area (Å²) in [6.07, 6.45) is -2.11. The van der Waals surface area contributed by atoms with Crippen LogP contribution in [0.4, 0.5) is 13.2 Å². The van der Waals surface area contributed by atoms with Gasteiger partial charge in [-0.25, -0.2) is 0 Å². The van der Waals surface area contributed by atoms with Crippen LogP contribution in [0.3, 0.4) is 0 Å². The molecule has 1 aromatic rings. The maximum Gasteiger partial charge on any atom is 0.416 e. The highest BCUT2D eigenvalue weighted by molar-refractivity contribution is 5.25. The summed E-state index contributed by atoms with van der Waals surface area (Å²) in [6, 6.07) is 6.72. The highest BCUT2D eigenvalue weighted by Gasteiger charge is 2.29. The Morgan fingerprint density at radius 1 is 1.29 bits per heavy atom. The lowest BCUT2D eigenvalue weighted by Crippen LogP contribution is -2.05. The molecule has 0 saturated carbocycles. The third-order valence-electron chi connectivity index (χ3n) is 2.23. The fraction of sp³-hybridized carbons (Fsp3) is 0.250. The first-order valence-corrected chi connectivity index (χ1v) is 4.94. The van der Waals surface area contributed by atoms with E-state index in [1.165, 1.54) is 18.2 Å². The first-order chi connectivity index (χ1) is 7.93. The van der Waals surface area contributed by atoms with E-state index >= 15 is 0 Å². The summed E-state index contributed by atoms with van der Waals surface area (Å²) in [5, 5.41) is 8.33. The quantitative estimate of drug-likeness (QED) is 0.825. The SMILES string of the molecule is N#C/C=C(/N)CCc1ccc(C(F)(F)F)cc1. The molecule has 0 bridgehead atoms. The van der Waals surface area contributed by atoms with Crippen molar-refractivity contribution in [3.8, 4) is 6.07 Å². The van der Waals surface area contributed by atoms with Gasteiger partial charge in [0.05, 0.1) is 11.6 Å². The van der Waals surface area contributed by atoms with Gasteiger partial charge >= 0.3 is 6.18 Å². The van der Waals surface area contributed by atoms with Crippen molar-refractivity contribution < 1.29 is 13.2 Å². The molecule has 0 aliphatic carbocycles. The lowest BCUT2D eigenvalue weighted by Gasteiger charge is -2.07. The Bertz CT molecular complexity index is 438. The number of alkyl halides is 3. The van der Waals surface area contributed by atoms with Gasteiger partial charge in [0.15, 0.2) is 0 Å². The number of nitrogens with two attached hydrogens (primary N) is 1. The molecule has 90 valence electrons. The van der Waals surface area contributed by atoms with E-state index < -0.39 is 11.7 Å². The number of hydrogen-bond donors (Lipinski definition) is 1. The zero-order chi connectivity index (χ0) is 12.9. The Kier molecular flexibility index (Phi) is 4.16. The number of allylic oxidation sites excluding steroid dienone is 2. The zero-order valence-corrected chi connectivity index (χ0v) is 8.96. The first kappa shape index (κ1) is 13.1. The Balaban J connectivity index is 2.64. The van der Waals surface area contributed by atoms with Crippen molar-refractivity contribution in [2.75, 3.05) is 0 Å². The van der Waals surface area contributed by atoms with Crippen LogP contribution in [0.1, 0.15) is 17.5 Å². The summed E-state index contributed by atoms with van der Waals surface area (Å²) >= 11 is 0. The summed E-state index contributed by atoms with van der Waals surface area (Å²) in [5.41, 5.74) is 6.01. The smallest absolute Gasteiger partial charge is 0.401 e. The van der Waals surface area contributed by atoms with Gasteiger partial charge in [-0.15, -0.1) is 0 Å². The minimum Gasteiger partial charge on any atom is -0.401 e. The highest BCUT2D eigenvalue weighted by Crippen LogP contribution is 2.29. The number of benzene rings is 1. The number of rotatable bonds is 3. The molecular formula is C12H11F3N2. The van der Waals surface area contributed by atoms with E-state index in [9.17, 15) is 13.2 Å². The molecule has 0 saturated heterocycles. The van der Waals surface area contributed by atoms with Crippen molar-refractivity contribution in [2.24, 2.45) is 5.73 Å². The summed E-state index contributed by atoms with van der Waals surface area (Å²) in [4.78, 5) is 0. The minimum absolute atomic E-state index is 0.424.